The van der Waals surface area contributed by atoms with E-state index in [4.69, 9.17) is 4.42 Å². The maximum Gasteiger partial charge on any atom is 0.418 e. The molecule has 1 saturated heterocycles. The average Bonchev–Trinajstić information content (AvgIpc) is 3.40. The molecular weight excluding hydrogens is 503 g/mol. The normalized spacial score (nSPS) is 23.9. The molecule has 0 unspecified atom stereocenters. The molecule has 3 aromatic rings. The number of aromatic nitrogens is 5. The number of halogens is 7. The Labute approximate surface area is 197 Å². The van der Waals surface area contributed by atoms with E-state index >= 15 is 0 Å². The average molecular weight is 519 g/mol. The molecule has 0 radical (unpaired) electrons. The van der Waals surface area contributed by atoms with Crippen molar-refractivity contribution in [3.8, 4) is 5.69 Å². The summed E-state index contributed by atoms with van der Waals surface area (Å²) < 4.78 is 99.7. The molecule has 192 valence electrons. The molecule has 9 nitrogen and oxygen atoms in total. The van der Waals surface area contributed by atoms with Crippen LogP contribution in [0.4, 0.5) is 41.2 Å². The zero-order chi connectivity index (χ0) is 26.0. The smallest absolute Gasteiger partial charge is 0.418 e. The van der Waals surface area contributed by atoms with E-state index in [9.17, 15) is 35.5 Å². The van der Waals surface area contributed by atoms with Gasteiger partial charge in [-0.1, -0.05) is 0 Å². The highest BCUT2D eigenvalue weighted by Gasteiger charge is 2.66. The predicted molar refractivity (Wildman–Crippen MR) is 105 cm³/mol. The lowest BCUT2D eigenvalue weighted by Gasteiger charge is -2.61. The van der Waals surface area contributed by atoms with Crippen molar-refractivity contribution >= 4 is 11.7 Å². The molecule has 1 aromatic carbocycles. The Hall–Kier alpha value is -3.72. The Kier molecular flexibility index (Phi) is 5.26. The summed E-state index contributed by atoms with van der Waals surface area (Å²) in [7, 11) is 0. The number of nitrogens with zero attached hydrogens (tertiary/aromatic N) is 6. The monoisotopic (exact) mass is 519 g/mol. The van der Waals surface area contributed by atoms with Crippen LogP contribution in [0.3, 0.4) is 0 Å². The van der Waals surface area contributed by atoms with Crippen molar-refractivity contribution in [2.24, 2.45) is 5.92 Å². The van der Waals surface area contributed by atoms with Crippen molar-refractivity contribution in [1.82, 2.24) is 30.1 Å². The topological polar surface area (TPSA) is 102 Å². The summed E-state index contributed by atoms with van der Waals surface area (Å²) in [6, 6.07) is 0.820. The Morgan fingerprint density at radius 2 is 1.92 bits per heavy atom. The van der Waals surface area contributed by atoms with Gasteiger partial charge in [0.05, 0.1) is 11.5 Å². The molecule has 3 heterocycles. The standard InChI is InChI=1S/C20H16F7N7O2/c1-9-30-31-16(36-9)18-6-10(19(22,23)24)4-12(7-18)33(18)17(35)29-11-2-3-13(20(25,26)27)14(5-11)34-28-8-15(21)32-34/h2-3,5,8,10,12H,4,6-7H2,1H3,(H,29,35)/t10-,12-,18+/m1/s1. The number of carbonyl (C=O) groups excluding carboxylic acids is 1. The summed E-state index contributed by atoms with van der Waals surface area (Å²) in [5, 5.41) is 16.6. The number of amides is 2. The van der Waals surface area contributed by atoms with Gasteiger partial charge >= 0.3 is 18.4 Å². The number of alkyl halides is 6. The van der Waals surface area contributed by atoms with E-state index in [1.807, 2.05) is 0 Å². The maximum absolute atomic E-state index is 13.5. The molecule has 16 heteroatoms. The molecule has 2 aliphatic rings. The third kappa shape index (κ3) is 3.93. The van der Waals surface area contributed by atoms with Gasteiger partial charge in [0, 0.05) is 25.1 Å². The molecule has 1 N–H and O–H groups in total. The number of hydrogen-bond donors (Lipinski definition) is 1. The van der Waals surface area contributed by atoms with Crippen LogP contribution in [-0.4, -0.2) is 48.3 Å². The number of piperidine rings is 1. The van der Waals surface area contributed by atoms with Gasteiger partial charge in [-0.25, -0.2) is 4.79 Å². The van der Waals surface area contributed by atoms with E-state index in [2.05, 4.69) is 25.7 Å². The van der Waals surface area contributed by atoms with Crippen molar-refractivity contribution in [2.75, 3.05) is 5.32 Å². The minimum absolute atomic E-state index is 0.101. The summed E-state index contributed by atoms with van der Waals surface area (Å²) in [6.07, 6.45) is -9.43. The number of anilines is 1. The zero-order valence-electron chi connectivity index (χ0n) is 18.2. The number of rotatable bonds is 3. The molecule has 2 bridgehead atoms. The SMILES string of the molecule is Cc1nnc([C@@]23C[C@@H](C[C@@H](C(F)(F)F)C2)N3C(=O)Nc2ccc(C(F)(F)F)c(-n3ncc(F)n3)c2)o1. The van der Waals surface area contributed by atoms with Crippen molar-refractivity contribution in [1.29, 1.82) is 0 Å². The molecule has 0 spiro atoms. The second-order valence-corrected chi connectivity index (χ2v) is 8.68. The second kappa shape index (κ2) is 7.89. The van der Waals surface area contributed by atoms with Crippen LogP contribution in [0.25, 0.3) is 5.69 Å². The van der Waals surface area contributed by atoms with E-state index in [0.29, 0.717) is 17.1 Å². The van der Waals surface area contributed by atoms with Crippen molar-refractivity contribution in [3.63, 3.8) is 0 Å². The molecule has 1 saturated carbocycles. The molecular formula is C20H16F7N7O2. The molecule has 3 atom stereocenters. The summed E-state index contributed by atoms with van der Waals surface area (Å²) >= 11 is 0. The summed E-state index contributed by atoms with van der Waals surface area (Å²) in [6.45, 7) is 1.45. The lowest BCUT2D eigenvalue weighted by molar-refractivity contribution is -0.229. The van der Waals surface area contributed by atoms with Gasteiger partial charge in [0.1, 0.15) is 17.4 Å². The van der Waals surface area contributed by atoms with Crippen LogP contribution < -0.4 is 5.32 Å². The second-order valence-electron chi connectivity index (χ2n) is 8.68. The number of aryl methyl sites for hydroxylation is 1. The summed E-state index contributed by atoms with van der Waals surface area (Å²) in [5.74, 6) is -2.87. The van der Waals surface area contributed by atoms with E-state index in [-0.39, 0.29) is 30.3 Å². The molecule has 36 heavy (non-hydrogen) atoms. The maximum atomic E-state index is 13.5. The van der Waals surface area contributed by atoms with Gasteiger partial charge in [-0.05, 0) is 31.0 Å². The van der Waals surface area contributed by atoms with Crippen LogP contribution in [0, 0.1) is 18.8 Å². The molecule has 2 aromatic heterocycles. The highest BCUT2D eigenvalue weighted by molar-refractivity contribution is 5.91. The van der Waals surface area contributed by atoms with Crippen LogP contribution >= 0.6 is 0 Å². The fourth-order valence-corrected chi connectivity index (χ4v) is 4.94. The van der Waals surface area contributed by atoms with Gasteiger partial charge in [-0.3, -0.25) is 0 Å². The van der Waals surface area contributed by atoms with E-state index < -0.39 is 59.5 Å². The highest BCUT2D eigenvalue weighted by atomic mass is 19.4. The first-order valence-corrected chi connectivity index (χ1v) is 10.5. The van der Waals surface area contributed by atoms with Gasteiger partial charge in [0.2, 0.25) is 11.8 Å². The van der Waals surface area contributed by atoms with Crippen molar-refractivity contribution in [2.45, 2.75) is 50.1 Å². The van der Waals surface area contributed by atoms with Crippen LogP contribution in [0.15, 0.2) is 28.8 Å². The molecule has 2 amide bonds. The Morgan fingerprint density at radius 1 is 1.17 bits per heavy atom. The fraction of sp³-hybridized carbons (Fsp3) is 0.450. The van der Waals surface area contributed by atoms with E-state index in [1.54, 1.807) is 0 Å². The molecule has 1 aliphatic carbocycles. The van der Waals surface area contributed by atoms with Gasteiger partial charge in [-0.15, -0.1) is 20.1 Å². The largest absolute Gasteiger partial charge is 0.423 e. The van der Waals surface area contributed by atoms with E-state index in [0.717, 1.165) is 17.0 Å². The Balaban J connectivity index is 1.47. The summed E-state index contributed by atoms with van der Waals surface area (Å²) in [4.78, 5) is 14.8. The Bertz CT molecular complexity index is 1320. The molecule has 1 aliphatic heterocycles. The number of benzene rings is 1. The number of fused-ring (bicyclic) bond motifs is 2. The fourth-order valence-electron chi connectivity index (χ4n) is 4.94. The van der Waals surface area contributed by atoms with Crippen LogP contribution in [-0.2, 0) is 11.7 Å². The number of likely N-dealkylation sites (tertiary alicyclic amines) is 1. The molecule has 2 fully saturated rings. The quantitative estimate of drug-likeness (QED) is 0.508. The van der Waals surface area contributed by atoms with Crippen LogP contribution in [0.1, 0.15) is 36.6 Å². The van der Waals surface area contributed by atoms with Crippen LogP contribution in [0.2, 0.25) is 0 Å². The van der Waals surface area contributed by atoms with E-state index in [1.165, 1.54) is 6.92 Å². The van der Waals surface area contributed by atoms with Gasteiger partial charge < -0.3 is 14.6 Å². The Morgan fingerprint density at radius 3 is 2.50 bits per heavy atom. The zero-order valence-corrected chi connectivity index (χ0v) is 18.2. The first-order chi connectivity index (χ1) is 16.8. The highest BCUT2D eigenvalue weighted by Crippen LogP contribution is 2.58. The molecule has 5 rings (SSSR count). The van der Waals surface area contributed by atoms with Crippen molar-refractivity contribution < 1.29 is 39.9 Å². The van der Waals surface area contributed by atoms with Gasteiger partial charge in [0.25, 0.3) is 5.95 Å². The minimum Gasteiger partial charge on any atom is -0.423 e. The van der Waals surface area contributed by atoms with Gasteiger partial charge in [0.15, 0.2) is 0 Å². The first-order valence-electron chi connectivity index (χ1n) is 10.5. The minimum atomic E-state index is -4.84. The van der Waals surface area contributed by atoms with Crippen LogP contribution in [0.5, 0.6) is 0 Å². The van der Waals surface area contributed by atoms with Gasteiger partial charge in [-0.2, -0.15) is 35.8 Å². The lowest BCUT2D eigenvalue weighted by atomic mass is 9.63. The van der Waals surface area contributed by atoms with Crippen molar-refractivity contribution in [3.05, 3.63) is 47.7 Å². The predicted octanol–water partition coefficient (Wildman–Crippen LogP) is 4.59. The number of urea groups is 1. The number of hydrogen-bond acceptors (Lipinski definition) is 6. The first kappa shape index (κ1) is 24.0. The summed E-state index contributed by atoms with van der Waals surface area (Å²) in [5.41, 5.74) is -3.51. The number of carbonyl (C=O) groups is 1. The third-order valence-corrected chi connectivity index (χ3v) is 6.38. The number of nitrogens with one attached hydrogen (secondary N) is 1. The lowest BCUT2D eigenvalue weighted by Crippen LogP contribution is -2.71. The third-order valence-electron chi connectivity index (χ3n) is 6.38.